The highest BCUT2D eigenvalue weighted by Gasteiger charge is 2.15. The van der Waals surface area contributed by atoms with Crippen LogP contribution in [0.2, 0.25) is 0 Å². The summed E-state index contributed by atoms with van der Waals surface area (Å²) in [5, 5.41) is 8.71. The van der Waals surface area contributed by atoms with Crippen molar-refractivity contribution in [1.29, 1.82) is 0 Å². The van der Waals surface area contributed by atoms with Gasteiger partial charge in [0.25, 0.3) is 5.56 Å². The van der Waals surface area contributed by atoms with E-state index in [9.17, 15) is 18.0 Å². The normalized spacial score (nSPS) is 11.1. The first kappa shape index (κ1) is 15.8. The molecule has 2 N–H and O–H groups in total. The van der Waals surface area contributed by atoms with Gasteiger partial charge in [0.05, 0.1) is 5.75 Å². The Morgan fingerprint density at radius 3 is 2.45 bits per heavy atom. The molecule has 0 saturated heterocycles. The highest BCUT2D eigenvalue weighted by atomic mass is 32.2. The Kier molecular flexibility index (Phi) is 4.62. The smallest absolute Gasteiger partial charge is 0.323 e. The number of rotatable bonds is 6. The Bertz CT molecular complexity index is 828. The lowest BCUT2D eigenvalue weighted by atomic mass is 10.2. The van der Waals surface area contributed by atoms with Gasteiger partial charge >= 0.3 is 5.97 Å². The Morgan fingerprint density at radius 2 is 1.82 bits per heavy atom. The van der Waals surface area contributed by atoms with Gasteiger partial charge in [0.1, 0.15) is 12.2 Å². The third-order valence-corrected chi connectivity index (χ3v) is 4.04. The van der Waals surface area contributed by atoms with Crippen molar-refractivity contribution in [2.45, 2.75) is 12.3 Å². The number of nitrogens with zero attached hydrogens (tertiary/aromatic N) is 1. The fourth-order valence-corrected chi connectivity index (χ4v) is 3.08. The Morgan fingerprint density at radius 1 is 1.14 bits per heavy atom. The minimum absolute atomic E-state index is 0.181. The van der Waals surface area contributed by atoms with Crippen molar-refractivity contribution in [3.8, 4) is 0 Å². The molecule has 8 heteroatoms. The molecule has 1 heterocycles. The summed E-state index contributed by atoms with van der Waals surface area (Å²) < 4.78 is 27.3. The van der Waals surface area contributed by atoms with E-state index in [0.29, 0.717) is 5.56 Å². The summed E-state index contributed by atoms with van der Waals surface area (Å²) in [6.07, 6.45) is 1.28. The van der Waals surface area contributed by atoms with Crippen LogP contribution < -0.4 is 10.3 Å². The number of aliphatic carboxylic acids is 1. The number of carbonyl (C=O) groups is 1. The van der Waals surface area contributed by atoms with Gasteiger partial charge in [-0.15, -0.1) is 0 Å². The zero-order chi connectivity index (χ0) is 16.2. The molecular weight excluding hydrogens is 308 g/mol. The maximum Gasteiger partial charge on any atom is 0.323 e. The molecule has 0 bridgehead atoms. The molecule has 0 spiro atoms. The SMILES string of the molecule is O=C(O)Cn1cccc(NS(=O)(=O)Cc2ccccc2)c1=O. The number of aromatic nitrogens is 1. The van der Waals surface area contributed by atoms with E-state index in [2.05, 4.69) is 4.72 Å². The van der Waals surface area contributed by atoms with Gasteiger partial charge < -0.3 is 9.67 Å². The number of carboxylic acid groups (broad SMARTS) is 1. The van der Waals surface area contributed by atoms with Crippen LogP contribution in [-0.4, -0.2) is 24.1 Å². The molecule has 2 rings (SSSR count). The summed E-state index contributed by atoms with van der Waals surface area (Å²) in [7, 11) is -3.77. The van der Waals surface area contributed by atoms with Gasteiger partial charge in [0.2, 0.25) is 10.0 Å². The topological polar surface area (TPSA) is 105 Å². The van der Waals surface area contributed by atoms with Crippen molar-refractivity contribution in [1.82, 2.24) is 4.57 Å². The van der Waals surface area contributed by atoms with Crippen LogP contribution in [0.4, 0.5) is 5.69 Å². The minimum Gasteiger partial charge on any atom is -0.480 e. The molecule has 0 unspecified atom stereocenters. The van der Waals surface area contributed by atoms with E-state index in [1.165, 1.54) is 18.3 Å². The van der Waals surface area contributed by atoms with Gasteiger partial charge in [-0.25, -0.2) is 8.42 Å². The van der Waals surface area contributed by atoms with Gasteiger partial charge in [-0.05, 0) is 17.7 Å². The minimum atomic E-state index is -3.77. The number of anilines is 1. The highest BCUT2D eigenvalue weighted by molar-refractivity contribution is 7.91. The van der Waals surface area contributed by atoms with Gasteiger partial charge in [0, 0.05) is 6.20 Å². The number of hydrogen-bond acceptors (Lipinski definition) is 4. The predicted octanol–water partition coefficient (Wildman–Crippen LogP) is 0.875. The highest BCUT2D eigenvalue weighted by Crippen LogP contribution is 2.09. The fourth-order valence-electron chi connectivity index (χ4n) is 1.88. The number of hydrogen-bond donors (Lipinski definition) is 2. The summed E-state index contributed by atoms with van der Waals surface area (Å²) in [6, 6.07) is 11.2. The summed E-state index contributed by atoms with van der Waals surface area (Å²) in [6.45, 7) is -0.535. The van der Waals surface area contributed by atoms with Crippen LogP contribution in [0.1, 0.15) is 5.56 Å². The first-order valence-electron chi connectivity index (χ1n) is 6.33. The van der Waals surface area contributed by atoms with Crippen LogP contribution in [0.3, 0.4) is 0 Å². The van der Waals surface area contributed by atoms with Crippen molar-refractivity contribution < 1.29 is 18.3 Å². The maximum atomic E-state index is 12.1. The van der Waals surface area contributed by atoms with E-state index in [1.54, 1.807) is 30.3 Å². The zero-order valence-electron chi connectivity index (χ0n) is 11.5. The predicted molar refractivity (Wildman–Crippen MR) is 81.0 cm³/mol. The van der Waals surface area contributed by atoms with E-state index in [4.69, 9.17) is 5.11 Å². The summed E-state index contributed by atoms with van der Waals surface area (Å²) >= 11 is 0. The lowest BCUT2D eigenvalue weighted by Gasteiger charge is -2.09. The van der Waals surface area contributed by atoms with Crippen LogP contribution in [0.5, 0.6) is 0 Å². The van der Waals surface area contributed by atoms with Crippen LogP contribution >= 0.6 is 0 Å². The average Bonchev–Trinajstić information content (AvgIpc) is 2.43. The quantitative estimate of drug-likeness (QED) is 0.821. The van der Waals surface area contributed by atoms with Gasteiger partial charge in [-0.3, -0.25) is 14.3 Å². The summed E-state index contributed by atoms with van der Waals surface area (Å²) in [4.78, 5) is 22.7. The molecule has 22 heavy (non-hydrogen) atoms. The zero-order valence-corrected chi connectivity index (χ0v) is 12.3. The monoisotopic (exact) mass is 322 g/mol. The maximum absolute atomic E-state index is 12.1. The average molecular weight is 322 g/mol. The number of pyridine rings is 1. The summed E-state index contributed by atoms with van der Waals surface area (Å²) in [5.41, 5.74) is -0.307. The molecule has 0 fully saturated rings. The van der Waals surface area contributed by atoms with E-state index in [-0.39, 0.29) is 11.4 Å². The van der Waals surface area contributed by atoms with Gasteiger partial charge in [0.15, 0.2) is 0 Å². The van der Waals surface area contributed by atoms with E-state index < -0.39 is 28.1 Å². The molecule has 0 aliphatic heterocycles. The second-order valence-corrected chi connectivity index (χ2v) is 6.32. The third-order valence-electron chi connectivity index (χ3n) is 2.79. The van der Waals surface area contributed by atoms with E-state index in [1.807, 2.05) is 0 Å². The van der Waals surface area contributed by atoms with Crippen molar-refractivity contribution in [3.05, 3.63) is 64.6 Å². The molecule has 2 aromatic rings. The second-order valence-electron chi connectivity index (χ2n) is 4.60. The van der Waals surface area contributed by atoms with Crippen LogP contribution in [0, 0.1) is 0 Å². The van der Waals surface area contributed by atoms with Gasteiger partial charge in [-0.2, -0.15) is 0 Å². The molecule has 7 nitrogen and oxygen atoms in total. The fraction of sp³-hybridized carbons (Fsp3) is 0.143. The third kappa shape index (κ3) is 4.19. The standard InChI is InChI=1S/C14H14N2O5S/c17-13(18)9-16-8-4-7-12(14(16)19)15-22(20,21)10-11-5-2-1-3-6-11/h1-8,15H,9-10H2,(H,17,18). The molecule has 0 atom stereocenters. The molecule has 1 aromatic heterocycles. The molecule has 0 aliphatic rings. The number of nitrogens with one attached hydrogen (secondary N) is 1. The van der Waals surface area contributed by atoms with Crippen molar-refractivity contribution in [2.24, 2.45) is 0 Å². The second kappa shape index (κ2) is 6.44. The van der Waals surface area contributed by atoms with Crippen LogP contribution in [-0.2, 0) is 27.1 Å². The first-order valence-corrected chi connectivity index (χ1v) is 7.98. The van der Waals surface area contributed by atoms with E-state index >= 15 is 0 Å². The van der Waals surface area contributed by atoms with Crippen molar-refractivity contribution >= 4 is 21.7 Å². The van der Waals surface area contributed by atoms with E-state index in [0.717, 1.165) is 4.57 Å². The lowest BCUT2D eigenvalue weighted by molar-refractivity contribution is -0.137. The van der Waals surface area contributed by atoms with Crippen molar-refractivity contribution in [2.75, 3.05) is 4.72 Å². The summed E-state index contributed by atoms with van der Waals surface area (Å²) in [5.74, 6) is -1.47. The van der Waals surface area contributed by atoms with Crippen LogP contribution in [0.25, 0.3) is 0 Å². The Labute approximate surface area is 126 Å². The first-order chi connectivity index (χ1) is 10.4. The molecule has 0 aliphatic carbocycles. The molecule has 0 radical (unpaired) electrons. The molecular formula is C14H14N2O5S. The number of carboxylic acids is 1. The van der Waals surface area contributed by atoms with Gasteiger partial charge in [-0.1, -0.05) is 30.3 Å². The van der Waals surface area contributed by atoms with Crippen molar-refractivity contribution in [3.63, 3.8) is 0 Å². The Balaban J connectivity index is 2.23. The lowest BCUT2D eigenvalue weighted by Crippen LogP contribution is -2.28. The molecule has 1 aromatic carbocycles. The number of sulfonamides is 1. The molecule has 0 saturated carbocycles. The number of benzene rings is 1. The molecule has 0 amide bonds. The Hall–Kier alpha value is -2.61. The molecule has 116 valence electrons. The van der Waals surface area contributed by atoms with Crippen LogP contribution in [0.15, 0.2) is 53.5 Å². The largest absolute Gasteiger partial charge is 0.480 e.